The van der Waals surface area contributed by atoms with Gasteiger partial charge in [-0.3, -0.25) is 15.0 Å². The molecule has 3 amide bonds. The molecule has 2 N–H and O–H groups in total. The van der Waals surface area contributed by atoms with Gasteiger partial charge in [0.15, 0.2) is 5.13 Å². The molecule has 1 aromatic heterocycles. The Labute approximate surface area is 204 Å². The van der Waals surface area contributed by atoms with Crippen molar-refractivity contribution in [1.82, 2.24) is 9.88 Å². The Bertz CT molecular complexity index is 1120. The van der Waals surface area contributed by atoms with E-state index in [0.717, 1.165) is 11.3 Å². The summed E-state index contributed by atoms with van der Waals surface area (Å²) in [5.74, 6) is -0.929. The molecular formula is C21H23ClN4O5S2. The third kappa shape index (κ3) is 4.49. The van der Waals surface area contributed by atoms with Crippen LogP contribution in [0.5, 0.6) is 0 Å². The molecule has 4 rings (SSSR count). The molecule has 0 radical (unpaired) electrons. The number of likely N-dealkylation sites (tertiary alicyclic amines) is 1. The maximum absolute atomic E-state index is 13.2. The van der Waals surface area contributed by atoms with E-state index in [1.54, 1.807) is 35.9 Å². The number of aromatic nitrogens is 1. The van der Waals surface area contributed by atoms with E-state index >= 15 is 0 Å². The van der Waals surface area contributed by atoms with Crippen molar-refractivity contribution >= 4 is 63.6 Å². The minimum atomic E-state index is -1.01. The number of nitrogens with zero attached hydrogens (tertiary/aromatic N) is 3. The van der Waals surface area contributed by atoms with Crippen molar-refractivity contribution in [2.45, 2.75) is 34.6 Å². The molecule has 1 unspecified atom stereocenters. The fourth-order valence-electron chi connectivity index (χ4n) is 4.15. The molecule has 3 heterocycles. The molecule has 0 aliphatic carbocycles. The molecule has 9 nitrogen and oxygen atoms in total. The van der Waals surface area contributed by atoms with Gasteiger partial charge >= 0.3 is 18.1 Å². The first kappa shape index (κ1) is 23.7. The molecule has 1 fully saturated rings. The van der Waals surface area contributed by atoms with Crippen molar-refractivity contribution in [2.24, 2.45) is 0 Å². The number of hydrogen-bond acceptors (Lipinski definition) is 7. The summed E-state index contributed by atoms with van der Waals surface area (Å²) in [5, 5.41) is 13.1. The van der Waals surface area contributed by atoms with Gasteiger partial charge in [0.05, 0.1) is 17.5 Å². The number of carbonyl (C=O) groups is 3. The highest BCUT2D eigenvalue weighted by molar-refractivity contribution is 8.03. The molecule has 2 aromatic rings. The van der Waals surface area contributed by atoms with E-state index in [1.165, 1.54) is 30.2 Å². The Morgan fingerprint density at radius 3 is 2.79 bits per heavy atom. The number of carboxylic acid groups (broad SMARTS) is 1. The van der Waals surface area contributed by atoms with E-state index in [2.05, 4.69) is 10.3 Å². The van der Waals surface area contributed by atoms with E-state index in [0.29, 0.717) is 40.4 Å². The zero-order valence-electron chi connectivity index (χ0n) is 18.3. The molecule has 1 saturated heterocycles. The molecule has 176 valence electrons. The standard InChI is InChI=1S/C21H23ClN4O5S2/c1-20(2,16(27)28)33-15-9-23-17(32-15)24-18(29)26-11-21(6-7-25(10-21)19(30)31-3)13-8-12(22)4-5-14(13)26/h4-5,8-9H,6-7,10-11H2,1-3H3,(H,27,28)(H,23,24,29). The van der Waals surface area contributed by atoms with Crippen LogP contribution in [0.25, 0.3) is 0 Å². The molecule has 1 spiro atoms. The van der Waals surface area contributed by atoms with Crippen LogP contribution in [0.2, 0.25) is 5.02 Å². The predicted octanol–water partition coefficient (Wildman–Crippen LogP) is 4.51. The summed E-state index contributed by atoms with van der Waals surface area (Å²) in [6, 6.07) is 5.05. The summed E-state index contributed by atoms with van der Waals surface area (Å²) in [6.07, 6.45) is 1.84. The minimum Gasteiger partial charge on any atom is -0.480 e. The SMILES string of the molecule is COC(=O)N1CCC2(C1)CN(C(=O)Nc1ncc(SC(C)(C)C(=O)O)s1)c1ccc(Cl)cc12. The molecule has 0 bridgehead atoms. The number of thioether (sulfide) groups is 1. The molecule has 2 aliphatic heterocycles. The number of aliphatic carboxylic acids is 1. The highest BCUT2D eigenvalue weighted by atomic mass is 35.5. The number of carboxylic acids is 1. The summed E-state index contributed by atoms with van der Waals surface area (Å²) in [6.45, 7) is 4.58. The van der Waals surface area contributed by atoms with Crippen molar-refractivity contribution < 1.29 is 24.2 Å². The van der Waals surface area contributed by atoms with Crippen LogP contribution >= 0.6 is 34.7 Å². The number of carbonyl (C=O) groups excluding carboxylic acids is 2. The molecule has 1 aromatic carbocycles. The zero-order chi connectivity index (χ0) is 24.0. The molecule has 12 heteroatoms. The molecule has 1 atom stereocenters. The van der Waals surface area contributed by atoms with E-state index in [4.69, 9.17) is 16.3 Å². The second-order valence-electron chi connectivity index (χ2n) is 8.50. The quantitative estimate of drug-likeness (QED) is 0.582. The summed E-state index contributed by atoms with van der Waals surface area (Å²) < 4.78 is 4.55. The number of nitrogens with one attached hydrogen (secondary N) is 1. The van der Waals surface area contributed by atoms with Crippen molar-refractivity contribution in [2.75, 3.05) is 37.0 Å². The fraction of sp³-hybridized carbons (Fsp3) is 0.429. The number of amides is 3. The number of fused-ring (bicyclic) bond motifs is 2. The second-order valence-corrected chi connectivity index (χ2v) is 11.9. The maximum atomic E-state index is 13.2. The van der Waals surface area contributed by atoms with Crippen LogP contribution in [-0.2, 0) is 14.9 Å². The Morgan fingerprint density at radius 2 is 2.09 bits per heavy atom. The van der Waals surface area contributed by atoms with E-state index in [-0.39, 0.29) is 6.03 Å². The van der Waals surface area contributed by atoms with Gasteiger partial charge in [-0.1, -0.05) is 34.7 Å². The van der Waals surface area contributed by atoms with Gasteiger partial charge < -0.3 is 14.7 Å². The molecular weight excluding hydrogens is 488 g/mol. The first-order chi connectivity index (χ1) is 15.5. The van der Waals surface area contributed by atoms with E-state index in [1.807, 2.05) is 12.1 Å². The molecule has 0 saturated carbocycles. The van der Waals surface area contributed by atoms with Gasteiger partial charge in [0.1, 0.15) is 4.75 Å². The topological polar surface area (TPSA) is 112 Å². The number of benzene rings is 1. The average molecular weight is 511 g/mol. The highest BCUT2D eigenvalue weighted by Crippen LogP contribution is 2.47. The lowest BCUT2D eigenvalue weighted by molar-refractivity contribution is -0.138. The Kier molecular flexibility index (Phi) is 6.23. The van der Waals surface area contributed by atoms with Crippen LogP contribution in [0, 0.1) is 0 Å². The van der Waals surface area contributed by atoms with Gasteiger partial charge in [-0.15, -0.1) is 0 Å². The number of anilines is 2. The number of thiazole rings is 1. The minimum absolute atomic E-state index is 0.352. The smallest absolute Gasteiger partial charge is 0.409 e. The molecule has 33 heavy (non-hydrogen) atoms. The van der Waals surface area contributed by atoms with Gasteiger partial charge in [-0.25, -0.2) is 14.6 Å². The molecule has 2 aliphatic rings. The number of ether oxygens (including phenoxy) is 1. The fourth-order valence-corrected chi connectivity index (χ4v) is 6.58. The predicted molar refractivity (Wildman–Crippen MR) is 128 cm³/mol. The van der Waals surface area contributed by atoms with E-state index in [9.17, 15) is 19.5 Å². The lowest BCUT2D eigenvalue weighted by Crippen LogP contribution is -2.41. The van der Waals surface area contributed by atoms with Gasteiger partial charge in [0.25, 0.3) is 0 Å². The third-order valence-electron chi connectivity index (χ3n) is 5.88. The second kappa shape index (κ2) is 8.69. The Balaban J connectivity index is 1.54. The number of halogens is 1. The van der Waals surface area contributed by atoms with Gasteiger partial charge in [0.2, 0.25) is 0 Å². The van der Waals surface area contributed by atoms with Gasteiger partial charge in [-0.2, -0.15) is 0 Å². The summed E-state index contributed by atoms with van der Waals surface area (Å²) in [4.78, 5) is 44.2. The lowest BCUT2D eigenvalue weighted by atomic mass is 9.81. The van der Waals surface area contributed by atoms with Crippen LogP contribution in [0.1, 0.15) is 25.8 Å². The van der Waals surface area contributed by atoms with Crippen molar-refractivity contribution in [3.8, 4) is 0 Å². The van der Waals surface area contributed by atoms with Crippen LogP contribution in [0.3, 0.4) is 0 Å². The van der Waals surface area contributed by atoms with E-state index < -0.39 is 22.2 Å². The van der Waals surface area contributed by atoms with Gasteiger partial charge in [-0.05, 0) is 44.0 Å². The Hall–Kier alpha value is -2.50. The first-order valence-corrected chi connectivity index (χ1v) is 12.2. The average Bonchev–Trinajstić information content (AvgIpc) is 3.46. The summed E-state index contributed by atoms with van der Waals surface area (Å²) in [5.41, 5.74) is 1.23. The van der Waals surface area contributed by atoms with Crippen LogP contribution < -0.4 is 10.2 Å². The van der Waals surface area contributed by atoms with Crippen LogP contribution in [0.4, 0.5) is 20.4 Å². The maximum Gasteiger partial charge on any atom is 0.409 e. The number of methoxy groups -OCH3 is 1. The Morgan fingerprint density at radius 1 is 1.33 bits per heavy atom. The first-order valence-electron chi connectivity index (χ1n) is 10.1. The normalized spacial score (nSPS) is 19.6. The van der Waals surface area contributed by atoms with Crippen molar-refractivity contribution in [3.05, 3.63) is 35.0 Å². The third-order valence-corrected chi connectivity index (χ3v) is 8.32. The summed E-state index contributed by atoms with van der Waals surface area (Å²) >= 11 is 8.66. The monoisotopic (exact) mass is 510 g/mol. The number of rotatable bonds is 4. The highest BCUT2D eigenvalue weighted by Gasteiger charge is 2.50. The largest absolute Gasteiger partial charge is 0.480 e. The lowest BCUT2D eigenvalue weighted by Gasteiger charge is -2.25. The van der Waals surface area contributed by atoms with Crippen molar-refractivity contribution in [3.63, 3.8) is 0 Å². The van der Waals surface area contributed by atoms with Gasteiger partial charge in [0, 0.05) is 35.8 Å². The van der Waals surface area contributed by atoms with Crippen LogP contribution in [-0.4, -0.2) is 64.6 Å². The zero-order valence-corrected chi connectivity index (χ0v) is 20.6. The van der Waals surface area contributed by atoms with Crippen LogP contribution in [0.15, 0.2) is 28.6 Å². The number of urea groups is 1. The number of hydrogen-bond donors (Lipinski definition) is 2. The van der Waals surface area contributed by atoms with Crippen molar-refractivity contribution in [1.29, 1.82) is 0 Å². The summed E-state index contributed by atoms with van der Waals surface area (Å²) in [7, 11) is 1.35.